The second kappa shape index (κ2) is 17.1. The molecule has 1 amide bonds. The molecule has 0 heterocycles. The van der Waals surface area contributed by atoms with Crippen LogP contribution < -0.4 is 9.47 Å². The first-order valence-corrected chi connectivity index (χ1v) is 20.3. The maximum absolute atomic E-state index is 14.7. The molecule has 5 aromatic carbocycles. The summed E-state index contributed by atoms with van der Waals surface area (Å²) in [7, 11) is 3.17. The van der Waals surface area contributed by atoms with Crippen molar-refractivity contribution in [1.82, 2.24) is 4.90 Å². The number of rotatable bonds is 10. The van der Waals surface area contributed by atoms with Gasteiger partial charge in [0.25, 0.3) is 0 Å². The van der Waals surface area contributed by atoms with E-state index in [-0.39, 0.29) is 30.6 Å². The molecule has 0 aromatic heterocycles. The largest absolute Gasteiger partial charge is 0.493 e. The summed E-state index contributed by atoms with van der Waals surface area (Å²) < 4.78 is 11.0. The first-order chi connectivity index (χ1) is 27.5. The summed E-state index contributed by atoms with van der Waals surface area (Å²) in [5, 5.41) is 26.5. The van der Waals surface area contributed by atoms with Gasteiger partial charge in [0.15, 0.2) is 17.3 Å². The smallest absolute Gasteiger partial charge is 0.227 e. The second-order valence-electron chi connectivity index (χ2n) is 16.4. The third-order valence-electron chi connectivity index (χ3n) is 12.8. The molecule has 8 rings (SSSR count). The van der Waals surface area contributed by atoms with Gasteiger partial charge in [0.1, 0.15) is 0 Å². The fourth-order valence-corrected chi connectivity index (χ4v) is 9.40. The van der Waals surface area contributed by atoms with Crippen molar-refractivity contribution in [2.45, 2.75) is 89.4 Å². The Bertz CT molecular complexity index is 2260. The lowest BCUT2D eigenvalue weighted by Gasteiger charge is -2.46. The Morgan fingerprint density at radius 2 is 1.60 bits per heavy atom. The Morgan fingerprint density at radius 3 is 2.39 bits per heavy atom. The molecule has 1 fully saturated rings. The van der Waals surface area contributed by atoms with Crippen LogP contribution in [0.5, 0.6) is 11.5 Å². The molecule has 3 aliphatic carbocycles. The molecule has 4 atom stereocenters. The topological polar surface area (TPSA) is 96.3 Å². The normalized spacial score (nSPS) is 22.3. The molecule has 1 saturated carbocycles. The number of hydrogen-bond acceptors (Lipinski definition) is 6. The van der Waals surface area contributed by atoms with E-state index >= 15 is 0 Å². The van der Waals surface area contributed by atoms with Crippen LogP contribution in [0, 0.1) is 5.41 Å². The molecule has 5 aromatic rings. The predicted octanol–water partition coefficient (Wildman–Crippen LogP) is 9.40. The standard InChI is InChI=1S/C50H55NO6/c1-34-12-11-26-49(2)44(42-23-20-35(28-40(52)22-19-34)29-43(42)48(54)38-14-6-5-7-15-38)25-27-50(49,55)33-51(32-39-17-10-16-37-13-8-9-18-41(37)39)47(53)31-36-21-24-45(56-3)46(30-36)57-4/h5-10,12-18,20-21,23-24,29-30,40,44,52,55H,11,19,22,25-28,31-33H2,1-4H3/t40-,44-,49-,50+/m0/s1. The van der Waals surface area contributed by atoms with E-state index in [1.807, 2.05) is 83.8 Å². The molecule has 2 bridgehead atoms. The fraction of sp³-hybridized carbons (Fsp3) is 0.360. The van der Waals surface area contributed by atoms with Gasteiger partial charge in [-0.15, -0.1) is 0 Å². The van der Waals surface area contributed by atoms with Crippen molar-refractivity contribution < 1.29 is 29.3 Å². The van der Waals surface area contributed by atoms with Crippen molar-refractivity contribution in [3.63, 3.8) is 0 Å². The second-order valence-corrected chi connectivity index (χ2v) is 16.4. The predicted molar refractivity (Wildman–Crippen MR) is 226 cm³/mol. The first-order valence-electron chi connectivity index (χ1n) is 20.3. The average molecular weight is 766 g/mol. The number of amides is 1. The number of benzene rings is 5. The summed E-state index contributed by atoms with van der Waals surface area (Å²) in [6.45, 7) is 4.74. The van der Waals surface area contributed by atoms with Gasteiger partial charge < -0.3 is 24.6 Å². The van der Waals surface area contributed by atoms with Crippen LogP contribution >= 0.6 is 0 Å². The van der Waals surface area contributed by atoms with E-state index in [0.717, 1.165) is 45.9 Å². The van der Waals surface area contributed by atoms with Crippen molar-refractivity contribution in [1.29, 1.82) is 0 Å². The minimum atomic E-state index is -1.28. The molecule has 3 aliphatic rings. The van der Waals surface area contributed by atoms with Crippen LogP contribution in [-0.2, 0) is 24.2 Å². The summed E-state index contributed by atoms with van der Waals surface area (Å²) >= 11 is 0. The van der Waals surface area contributed by atoms with E-state index in [9.17, 15) is 19.8 Å². The Morgan fingerprint density at radius 1 is 0.842 bits per heavy atom. The van der Waals surface area contributed by atoms with Gasteiger partial charge in [-0.3, -0.25) is 9.59 Å². The summed E-state index contributed by atoms with van der Waals surface area (Å²) in [5.74, 6) is 0.812. The number of allylic oxidation sites excluding steroid dienone is 2. The summed E-state index contributed by atoms with van der Waals surface area (Å²) in [5.41, 5.74) is 4.07. The van der Waals surface area contributed by atoms with E-state index in [2.05, 4.69) is 50.3 Å². The number of carbonyl (C=O) groups excluding carboxylic acids is 2. The van der Waals surface area contributed by atoms with Crippen LogP contribution in [0.2, 0.25) is 0 Å². The van der Waals surface area contributed by atoms with Crippen LogP contribution in [0.3, 0.4) is 0 Å². The van der Waals surface area contributed by atoms with E-state index in [1.54, 1.807) is 14.2 Å². The van der Waals surface area contributed by atoms with E-state index < -0.39 is 17.1 Å². The van der Waals surface area contributed by atoms with Gasteiger partial charge in [0, 0.05) is 23.1 Å². The average Bonchev–Trinajstić information content (AvgIpc) is 3.48. The molecule has 296 valence electrons. The molecule has 0 saturated heterocycles. The van der Waals surface area contributed by atoms with Gasteiger partial charge >= 0.3 is 0 Å². The van der Waals surface area contributed by atoms with Crippen LogP contribution in [0.4, 0.5) is 0 Å². The number of aliphatic hydroxyl groups excluding tert-OH is 1. The molecule has 0 radical (unpaired) electrons. The highest BCUT2D eigenvalue weighted by atomic mass is 16.5. The van der Waals surface area contributed by atoms with Crippen molar-refractivity contribution in [3.05, 3.63) is 154 Å². The molecule has 0 unspecified atom stereocenters. The van der Waals surface area contributed by atoms with E-state index in [1.165, 1.54) is 5.57 Å². The lowest BCUT2D eigenvalue weighted by Crippen LogP contribution is -2.53. The Balaban J connectivity index is 1.31. The highest BCUT2D eigenvalue weighted by Crippen LogP contribution is 2.59. The van der Waals surface area contributed by atoms with Gasteiger partial charge in [-0.1, -0.05) is 110 Å². The summed E-state index contributed by atoms with van der Waals surface area (Å²) in [6.07, 6.45) is 6.18. The maximum atomic E-state index is 14.7. The van der Waals surface area contributed by atoms with Crippen molar-refractivity contribution in [2.24, 2.45) is 5.41 Å². The molecule has 7 heteroatoms. The zero-order valence-electron chi connectivity index (χ0n) is 33.7. The monoisotopic (exact) mass is 765 g/mol. The quantitative estimate of drug-likeness (QED) is 0.109. The van der Waals surface area contributed by atoms with Gasteiger partial charge in [-0.2, -0.15) is 0 Å². The number of ether oxygens (including phenoxy) is 2. The summed E-state index contributed by atoms with van der Waals surface area (Å²) in [4.78, 5) is 31.0. The number of fused-ring (bicyclic) bond motifs is 9. The van der Waals surface area contributed by atoms with Crippen molar-refractivity contribution >= 4 is 22.5 Å². The lowest BCUT2D eigenvalue weighted by atomic mass is 9.64. The molecule has 2 N–H and O–H groups in total. The van der Waals surface area contributed by atoms with Gasteiger partial charge in [-0.25, -0.2) is 0 Å². The minimum Gasteiger partial charge on any atom is -0.493 e. The molecule has 7 nitrogen and oxygen atoms in total. The van der Waals surface area contributed by atoms with Crippen LogP contribution in [0.25, 0.3) is 10.8 Å². The molecular formula is C50H55NO6. The Labute approximate surface area is 337 Å². The molecule has 57 heavy (non-hydrogen) atoms. The molecule has 0 spiro atoms. The number of methoxy groups -OCH3 is 2. The summed E-state index contributed by atoms with van der Waals surface area (Å²) in [6, 6.07) is 35.4. The van der Waals surface area contributed by atoms with Gasteiger partial charge in [0.2, 0.25) is 5.91 Å². The fourth-order valence-electron chi connectivity index (χ4n) is 9.40. The van der Waals surface area contributed by atoms with Crippen molar-refractivity contribution in [3.8, 4) is 11.5 Å². The zero-order valence-corrected chi connectivity index (χ0v) is 33.7. The third kappa shape index (κ3) is 8.41. The third-order valence-corrected chi connectivity index (χ3v) is 12.8. The van der Waals surface area contributed by atoms with Gasteiger partial charge in [-0.05, 0) is 109 Å². The number of nitrogens with zero attached hydrogens (tertiary/aromatic N) is 1. The number of aliphatic hydroxyl groups is 2. The molecule has 0 aliphatic heterocycles. The number of hydrogen-bond donors (Lipinski definition) is 2. The van der Waals surface area contributed by atoms with Crippen LogP contribution in [0.1, 0.15) is 96.5 Å². The van der Waals surface area contributed by atoms with Gasteiger partial charge in [0.05, 0.1) is 38.9 Å². The SMILES string of the molecule is COc1ccc(CC(=O)N(Cc2cccc3ccccc23)C[C@]2(O)CC[C@H]3c4ccc(cc4C(=O)c4ccccc4)C[C@@H](O)CCC(C)=CCC[C@@]32C)cc1OC. The van der Waals surface area contributed by atoms with Crippen LogP contribution in [0.15, 0.2) is 121 Å². The zero-order chi connectivity index (χ0) is 40.2. The Kier molecular flexibility index (Phi) is 12.0. The highest BCUT2D eigenvalue weighted by molar-refractivity contribution is 6.10. The lowest BCUT2D eigenvalue weighted by molar-refractivity contribution is -0.140. The van der Waals surface area contributed by atoms with Crippen molar-refractivity contribution in [2.75, 3.05) is 20.8 Å². The highest BCUT2D eigenvalue weighted by Gasteiger charge is 2.57. The van der Waals surface area contributed by atoms with E-state index in [0.29, 0.717) is 61.3 Å². The maximum Gasteiger partial charge on any atom is 0.227 e. The Hall–Kier alpha value is -5.24. The molecular weight excluding hydrogens is 711 g/mol. The van der Waals surface area contributed by atoms with Crippen LogP contribution in [-0.4, -0.2) is 59.3 Å². The number of carbonyl (C=O) groups is 2. The van der Waals surface area contributed by atoms with E-state index in [4.69, 9.17) is 9.47 Å². The number of ketones is 1. The first kappa shape index (κ1) is 40.0. The minimum absolute atomic E-state index is 0.0646.